The van der Waals surface area contributed by atoms with Crippen LogP contribution in [0.1, 0.15) is 0 Å². The number of anilines is 2. The van der Waals surface area contributed by atoms with Crippen molar-refractivity contribution in [2.75, 3.05) is 36.0 Å². The van der Waals surface area contributed by atoms with E-state index in [0.29, 0.717) is 26.2 Å². The van der Waals surface area contributed by atoms with Crippen LogP contribution in [0.25, 0.3) is 21.3 Å². The van der Waals surface area contributed by atoms with Gasteiger partial charge in [-0.3, -0.25) is 9.78 Å². The first-order chi connectivity index (χ1) is 14.6. The summed E-state index contributed by atoms with van der Waals surface area (Å²) in [5.41, 5.74) is 3.59. The number of aromatic amines is 1. The molecular formula is C22H18Cl2N4OS. The van der Waals surface area contributed by atoms with Gasteiger partial charge in [-0.25, -0.2) is 4.98 Å². The van der Waals surface area contributed by atoms with Crippen LogP contribution < -0.4 is 15.4 Å². The number of piperazine rings is 1. The molecule has 0 radical (unpaired) electrons. The van der Waals surface area contributed by atoms with Gasteiger partial charge in [0, 0.05) is 42.8 Å². The number of fused-ring (bicyclic) bond motifs is 1. The van der Waals surface area contributed by atoms with Gasteiger partial charge in [0.2, 0.25) is 5.95 Å². The fourth-order valence-corrected chi connectivity index (χ4v) is 4.96. The van der Waals surface area contributed by atoms with Crippen LogP contribution in [0.2, 0.25) is 10.0 Å². The topological polar surface area (TPSA) is 52.2 Å². The van der Waals surface area contributed by atoms with Crippen molar-refractivity contribution in [2.45, 2.75) is 0 Å². The van der Waals surface area contributed by atoms with Crippen LogP contribution in [0.3, 0.4) is 0 Å². The van der Waals surface area contributed by atoms with E-state index >= 15 is 0 Å². The molecule has 2 aromatic carbocycles. The van der Waals surface area contributed by atoms with Crippen molar-refractivity contribution in [3.05, 3.63) is 74.3 Å². The Morgan fingerprint density at radius 1 is 0.933 bits per heavy atom. The second kappa shape index (κ2) is 7.95. The molecule has 0 spiro atoms. The highest BCUT2D eigenvalue weighted by atomic mass is 35.5. The predicted molar refractivity (Wildman–Crippen MR) is 127 cm³/mol. The van der Waals surface area contributed by atoms with E-state index in [1.807, 2.05) is 23.6 Å². The van der Waals surface area contributed by atoms with E-state index in [1.165, 1.54) is 17.0 Å². The summed E-state index contributed by atoms with van der Waals surface area (Å²) in [5, 5.41) is 2.93. The molecular weight excluding hydrogens is 439 g/mol. The second-order valence-electron chi connectivity index (χ2n) is 7.16. The highest BCUT2D eigenvalue weighted by Crippen LogP contribution is 2.35. The summed E-state index contributed by atoms with van der Waals surface area (Å²) in [7, 11) is 0. The van der Waals surface area contributed by atoms with Crippen molar-refractivity contribution in [3.8, 4) is 11.1 Å². The standard InChI is InChI=1S/C22H18Cl2N4OS/c23-17-7-6-14(12-18(17)24)16-13-30-20-19(16)25-22(26-21(20)29)28-10-8-27(9-11-28)15-4-2-1-3-5-15/h1-7,12-13H,8-11H2,(H,25,26,29). The molecule has 0 saturated carbocycles. The molecule has 5 rings (SSSR count). The van der Waals surface area contributed by atoms with Crippen LogP contribution in [0.4, 0.5) is 11.6 Å². The summed E-state index contributed by atoms with van der Waals surface area (Å²) < 4.78 is 0.614. The number of hydrogen-bond acceptors (Lipinski definition) is 5. The maximum Gasteiger partial charge on any atom is 0.270 e. The third-order valence-electron chi connectivity index (χ3n) is 5.35. The number of benzene rings is 2. The van der Waals surface area contributed by atoms with Crippen molar-refractivity contribution in [1.29, 1.82) is 0 Å². The smallest absolute Gasteiger partial charge is 0.270 e. The van der Waals surface area contributed by atoms with Gasteiger partial charge >= 0.3 is 0 Å². The van der Waals surface area contributed by atoms with Gasteiger partial charge in [-0.05, 0) is 29.8 Å². The van der Waals surface area contributed by atoms with Crippen molar-refractivity contribution >= 4 is 56.4 Å². The Morgan fingerprint density at radius 2 is 1.67 bits per heavy atom. The zero-order valence-electron chi connectivity index (χ0n) is 15.9. The lowest BCUT2D eigenvalue weighted by Gasteiger charge is -2.36. The lowest BCUT2D eigenvalue weighted by molar-refractivity contribution is 0.640. The minimum absolute atomic E-state index is 0.114. The van der Waals surface area contributed by atoms with Crippen LogP contribution >= 0.6 is 34.5 Å². The summed E-state index contributed by atoms with van der Waals surface area (Å²) in [5.74, 6) is 0.611. The minimum atomic E-state index is -0.114. The van der Waals surface area contributed by atoms with Crippen LogP contribution in [-0.4, -0.2) is 36.1 Å². The van der Waals surface area contributed by atoms with Gasteiger partial charge in [-0.1, -0.05) is 47.5 Å². The van der Waals surface area contributed by atoms with Crippen LogP contribution in [-0.2, 0) is 0 Å². The summed E-state index contributed by atoms with van der Waals surface area (Å²) in [6.45, 7) is 3.31. The van der Waals surface area contributed by atoms with Crippen molar-refractivity contribution in [3.63, 3.8) is 0 Å². The maximum atomic E-state index is 12.7. The molecule has 1 N–H and O–H groups in total. The molecule has 5 nitrogen and oxygen atoms in total. The normalized spacial score (nSPS) is 14.5. The zero-order valence-corrected chi connectivity index (χ0v) is 18.3. The largest absolute Gasteiger partial charge is 0.368 e. The van der Waals surface area contributed by atoms with E-state index in [1.54, 1.807) is 6.07 Å². The third kappa shape index (κ3) is 3.55. The van der Waals surface area contributed by atoms with Gasteiger partial charge in [0.25, 0.3) is 5.56 Å². The Morgan fingerprint density at radius 3 is 2.40 bits per heavy atom. The highest BCUT2D eigenvalue weighted by molar-refractivity contribution is 7.17. The number of nitrogens with zero attached hydrogens (tertiary/aromatic N) is 3. The lowest BCUT2D eigenvalue weighted by atomic mass is 10.1. The number of nitrogens with one attached hydrogen (secondary N) is 1. The van der Waals surface area contributed by atoms with E-state index in [4.69, 9.17) is 28.2 Å². The van der Waals surface area contributed by atoms with Gasteiger partial charge in [-0.2, -0.15) is 0 Å². The molecule has 0 aliphatic carbocycles. The number of aromatic nitrogens is 2. The molecule has 4 aromatic rings. The Balaban J connectivity index is 1.46. The first-order valence-corrected chi connectivity index (χ1v) is 11.3. The molecule has 0 atom stereocenters. The second-order valence-corrected chi connectivity index (χ2v) is 8.85. The predicted octanol–water partition coefficient (Wildman–Crippen LogP) is 5.29. The molecule has 1 fully saturated rings. The van der Waals surface area contributed by atoms with Gasteiger partial charge < -0.3 is 9.80 Å². The molecule has 2 aromatic heterocycles. The monoisotopic (exact) mass is 456 g/mol. The summed E-state index contributed by atoms with van der Waals surface area (Å²) >= 11 is 13.6. The van der Waals surface area contributed by atoms with Crippen LogP contribution in [0.5, 0.6) is 0 Å². The van der Waals surface area contributed by atoms with E-state index < -0.39 is 0 Å². The molecule has 0 amide bonds. The van der Waals surface area contributed by atoms with Gasteiger partial charge in [0.15, 0.2) is 0 Å². The molecule has 1 aliphatic rings. The molecule has 30 heavy (non-hydrogen) atoms. The van der Waals surface area contributed by atoms with Crippen molar-refractivity contribution in [1.82, 2.24) is 9.97 Å². The van der Waals surface area contributed by atoms with E-state index in [2.05, 4.69) is 39.0 Å². The van der Waals surface area contributed by atoms with Crippen molar-refractivity contribution < 1.29 is 0 Å². The Bertz CT molecular complexity index is 1260. The summed E-state index contributed by atoms with van der Waals surface area (Å²) in [6, 6.07) is 15.8. The molecule has 0 bridgehead atoms. The van der Waals surface area contributed by atoms with Gasteiger partial charge in [0.1, 0.15) is 4.70 Å². The van der Waals surface area contributed by atoms with Crippen molar-refractivity contribution in [2.24, 2.45) is 0 Å². The summed E-state index contributed by atoms with van der Waals surface area (Å²) in [4.78, 5) is 25.0. The fourth-order valence-electron chi connectivity index (χ4n) is 3.75. The lowest BCUT2D eigenvalue weighted by Crippen LogP contribution is -2.47. The Hall–Kier alpha value is -2.54. The fraction of sp³-hybridized carbons (Fsp3) is 0.182. The van der Waals surface area contributed by atoms with Crippen LogP contribution in [0.15, 0.2) is 58.7 Å². The zero-order chi connectivity index (χ0) is 20.7. The maximum absolute atomic E-state index is 12.7. The number of hydrogen-bond donors (Lipinski definition) is 1. The number of rotatable bonds is 3. The third-order valence-corrected chi connectivity index (χ3v) is 7.05. The SMILES string of the molecule is O=c1[nH]c(N2CCN(c3ccccc3)CC2)nc2c(-c3ccc(Cl)c(Cl)c3)csc12. The number of thiophene rings is 1. The van der Waals surface area contributed by atoms with Crippen LogP contribution in [0, 0.1) is 0 Å². The molecule has 1 aliphatic heterocycles. The van der Waals surface area contributed by atoms with Gasteiger partial charge in [-0.15, -0.1) is 11.3 Å². The quantitative estimate of drug-likeness (QED) is 0.455. The molecule has 3 heterocycles. The molecule has 152 valence electrons. The van der Waals surface area contributed by atoms with Gasteiger partial charge in [0.05, 0.1) is 15.6 Å². The Labute approximate surface area is 187 Å². The highest BCUT2D eigenvalue weighted by Gasteiger charge is 2.21. The minimum Gasteiger partial charge on any atom is -0.368 e. The van der Waals surface area contributed by atoms with E-state index in [0.717, 1.165) is 37.3 Å². The molecule has 1 saturated heterocycles. The number of para-hydroxylation sites is 1. The summed E-state index contributed by atoms with van der Waals surface area (Å²) in [6.07, 6.45) is 0. The molecule has 8 heteroatoms. The van der Waals surface area contributed by atoms with E-state index in [9.17, 15) is 4.79 Å². The molecule has 0 unspecified atom stereocenters. The Kier molecular flexibility index (Phi) is 5.15. The average Bonchev–Trinajstić information content (AvgIpc) is 3.21. The first kappa shape index (κ1) is 19.4. The average molecular weight is 457 g/mol. The number of H-pyrrole nitrogens is 1. The van der Waals surface area contributed by atoms with E-state index in [-0.39, 0.29) is 5.56 Å². The first-order valence-electron chi connectivity index (χ1n) is 9.62. The number of halogens is 2.